The number of halogens is 1. The third kappa shape index (κ3) is 2.72. The molecule has 0 radical (unpaired) electrons. The van der Waals surface area contributed by atoms with Gasteiger partial charge in [-0.25, -0.2) is 4.98 Å². The maximum atomic E-state index is 10.4. The zero-order valence-corrected chi connectivity index (χ0v) is 10.3. The Morgan fingerprint density at radius 2 is 2.41 bits per heavy atom. The molecule has 17 heavy (non-hydrogen) atoms. The predicted molar refractivity (Wildman–Crippen MR) is 65.9 cm³/mol. The lowest BCUT2D eigenvalue weighted by Gasteiger charge is -1.91. The fourth-order valence-electron chi connectivity index (χ4n) is 1.19. The molecule has 0 amide bonds. The van der Waals surface area contributed by atoms with Gasteiger partial charge in [0, 0.05) is 11.5 Å². The van der Waals surface area contributed by atoms with Crippen LogP contribution in [0.1, 0.15) is 16.5 Å². The summed E-state index contributed by atoms with van der Waals surface area (Å²) in [6.07, 6.45) is 1.50. The largest absolute Gasteiger partial charge is 0.433 e. The first-order valence-electron chi connectivity index (χ1n) is 4.60. The summed E-state index contributed by atoms with van der Waals surface area (Å²) in [5.41, 5.74) is 0.633. The highest BCUT2D eigenvalue weighted by Crippen LogP contribution is 2.25. The topological polar surface area (TPSA) is 69.2 Å². The van der Waals surface area contributed by atoms with Gasteiger partial charge in [0.2, 0.25) is 0 Å². The average Bonchev–Trinajstić information content (AvgIpc) is 2.86. The summed E-state index contributed by atoms with van der Waals surface area (Å²) in [6.45, 7) is 1.87. The maximum absolute atomic E-state index is 10.4. The highest BCUT2D eigenvalue weighted by molar-refractivity contribution is 7.09. The Kier molecular flexibility index (Phi) is 3.26. The average molecular weight is 271 g/mol. The van der Waals surface area contributed by atoms with Gasteiger partial charge in [-0.3, -0.25) is 10.1 Å². The van der Waals surface area contributed by atoms with Crippen molar-refractivity contribution in [2.75, 3.05) is 0 Å². The van der Waals surface area contributed by atoms with E-state index in [9.17, 15) is 10.1 Å². The summed E-state index contributed by atoms with van der Waals surface area (Å²) in [4.78, 5) is 14.0. The quantitative estimate of drug-likeness (QED) is 0.630. The first-order chi connectivity index (χ1) is 8.06. The number of furan rings is 1. The number of hydrogen-bond acceptors (Lipinski definition) is 5. The summed E-state index contributed by atoms with van der Waals surface area (Å²) in [5.74, 6) is 0.0162. The normalized spacial score (nSPS) is 11.8. The molecule has 0 spiro atoms. The maximum Gasteiger partial charge on any atom is 0.433 e. The summed E-state index contributed by atoms with van der Waals surface area (Å²) < 4.78 is 4.96. The molecule has 2 rings (SSSR count). The Morgan fingerprint density at radius 1 is 1.65 bits per heavy atom. The molecule has 0 atom stereocenters. The Labute approximate surface area is 106 Å². The zero-order chi connectivity index (χ0) is 12.4. The number of aryl methyl sites for hydroxylation is 1. The molecule has 2 aromatic rings. The van der Waals surface area contributed by atoms with Gasteiger partial charge >= 0.3 is 5.88 Å². The van der Waals surface area contributed by atoms with E-state index in [2.05, 4.69) is 4.98 Å². The highest BCUT2D eigenvalue weighted by Gasteiger charge is 2.11. The molecule has 0 aliphatic heterocycles. The van der Waals surface area contributed by atoms with Crippen LogP contribution in [0.4, 0.5) is 5.88 Å². The molecule has 2 heterocycles. The molecule has 5 nitrogen and oxygen atoms in total. The van der Waals surface area contributed by atoms with Crippen LogP contribution in [0.5, 0.6) is 0 Å². The lowest BCUT2D eigenvalue weighted by atomic mass is 10.3. The zero-order valence-electron chi connectivity index (χ0n) is 8.71. The van der Waals surface area contributed by atoms with Crippen LogP contribution in [0.25, 0.3) is 11.1 Å². The number of rotatable bonds is 3. The van der Waals surface area contributed by atoms with E-state index < -0.39 is 4.92 Å². The van der Waals surface area contributed by atoms with Crippen molar-refractivity contribution in [2.24, 2.45) is 0 Å². The Balaban J connectivity index is 2.26. The number of hydrogen-bond donors (Lipinski definition) is 0. The van der Waals surface area contributed by atoms with E-state index >= 15 is 0 Å². The van der Waals surface area contributed by atoms with Gasteiger partial charge in [0.25, 0.3) is 0 Å². The van der Waals surface area contributed by atoms with Gasteiger partial charge in [0.15, 0.2) is 0 Å². The van der Waals surface area contributed by atoms with Crippen molar-refractivity contribution in [1.82, 2.24) is 4.98 Å². The summed E-state index contributed by atoms with van der Waals surface area (Å²) in [6, 6.07) is 2.77. The molecule has 0 saturated heterocycles. The van der Waals surface area contributed by atoms with E-state index in [1.165, 1.54) is 29.5 Å². The van der Waals surface area contributed by atoms with Crippen molar-refractivity contribution < 1.29 is 9.34 Å². The van der Waals surface area contributed by atoms with Crippen molar-refractivity contribution in [1.29, 1.82) is 0 Å². The van der Waals surface area contributed by atoms with Gasteiger partial charge in [0.05, 0.1) is 21.8 Å². The van der Waals surface area contributed by atoms with E-state index in [-0.39, 0.29) is 5.88 Å². The smallest absolute Gasteiger partial charge is 0.401 e. The molecule has 0 aliphatic rings. The first kappa shape index (κ1) is 11.8. The van der Waals surface area contributed by atoms with Gasteiger partial charge in [-0.15, -0.1) is 11.3 Å². The van der Waals surface area contributed by atoms with E-state index in [1.54, 1.807) is 0 Å². The first-order valence-corrected chi connectivity index (χ1v) is 5.86. The molecule has 0 aromatic carbocycles. The predicted octanol–water partition coefficient (Wildman–Crippen LogP) is 3.69. The summed E-state index contributed by atoms with van der Waals surface area (Å²) >= 11 is 7.50. The lowest BCUT2D eigenvalue weighted by molar-refractivity contribution is -0.402. The third-order valence-corrected chi connectivity index (χ3v) is 3.00. The minimum atomic E-state index is -0.599. The Morgan fingerprint density at radius 3 is 2.94 bits per heavy atom. The van der Waals surface area contributed by atoms with Crippen molar-refractivity contribution in [3.8, 4) is 0 Å². The second kappa shape index (κ2) is 4.68. The molecular formula is C10H7ClN2O3S. The van der Waals surface area contributed by atoms with Gasteiger partial charge in [-0.1, -0.05) is 11.6 Å². The number of thiazole rings is 1. The van der Waals surface area contributed by atoms with Gasteiger partial charge < -0.3 is 4.42 Å². The highest BCUT2D eigenvalue weighted by atomic mass is 35.5. The SMILES string of the molecule is Cc1nc(/C(Cl)=C/c2ccc([N+](=O)[O-])o2)cs1. The van der Waals surface area contributed by atoms with Crippen LogP contribution in [-0.2, 0) is 0 Å². The van der Waals surface area contributed by atoms with Crippen LogP contribution >= 0.6 is 22.9 Å². The molecule has 0 unspecified atom stereocenters. The van der Waals surface area contributed by atoms with E-state index in [0.717, 1.165) is 5.01 Å². The van der Waals surface area contributed by atoms with E-state index in [4.69, 9.17) is 16.0 Å². The van der Waals surface area contributed by atoms with Gasteiger partial charge in [0.1, 0.15) is 10.7 Å². The van der Waals surface area contributed by atoms with Crippen LogP contribution < -0.4 is 0 Å². The molecule has 0 saturated carbocycles. The number of nitrogens with zero attached hydrogens (tertiary/aromatic N) is 2. The van der Waals surface area contributed by atoms with Crippen molar-refractivity contribution in [2.45, 2.75) is 6.92 Å². The summed E-state index contributed by atoms with van der Waals surface area (Å²) in [5, 5.41) is 13.5. The van der Waals surface area contributed by atoms with Crippen LogP contribution in [-0.4, -0.2) is 9.91 Å². The molecule has 0 N–H and O–H groups in total. The Bertz CT molecular complexity index is 588. The molecule has 88 valence electrons. The molecule has 0 aliphatic carbocycles. The number of aromatic nitrogens is 1. The van der Waals surface area contributed by atoms with Crippen LogP contribution in [0.15, 0.2) is 21.9 Å². The fraction of sp³-hybridized carbons (Fsp3) is 0.100. The monoisotopic (exact) mass is 270 g/mol. The van der Waals surface area contributed by atoms with Crippen LogP contribution in [0.3, 0.4) is 0 Å². The van der Waals surface area contributed by atoms with Crippen LogP contribution in [0, 0.1) is 17.0 Å². The van der Waals surface area contributed by atoms with Gasteiger partial charge in [-0.2, -0.15) is 0 Å². The Hall–Kier alpha value is -1.66. The van der Waals surface area contributed by atoms with E-state index in [1.807, 2.05) is 12.3 Å². The van der Waals surface area contributed by atoms with Crippen LogP contribution in [0.2, 0.25) is 0 Å². The second-order valence-corrected chi connectivity index (χ2v) is 4.65. The third-order valence-electron chi connectivity index (χ3n) is 1.93. The van der Waals surface area contributed by atoms with Gasteiger partial charge in [-0.05, 0) is 13.0 Å². The number of nitro groups is 1. The summed E-state index contributed by atoms with van der Waals surface area (Å²) in [7, 11) is 0. The molecule has 7 heteroatoms. The molecule has 2 aromatic heterocycles. The molecule has 0 bridgehead atoms. The standard InChI is InChI=1S/C10H7ClN2O3S/c1-6-12-9(5-17-6)8(11)4-7-2-3-10(16-7)13(14)15/h2-5H,1H3/b8-4-. The fourth-order valence-corrected chi connectivity index (χ4v) is 2.07. The van der Waals surface area contributed by atoms with Crippen molar-refractivity contribution in [3.05, 3.63) is 44.1 Å². The molecule has 0 fully saturated rings. The molecular weight excluding hydrogens is 264 g/mol. The van der Waals surface area contributed by atoms with Crippen molar-refractivity contribution in [3.63, 3.8) is 0 Å². The minimum Gasteiger partial charge on any atom is -0.401 e. The van der Waals surface area contributed by atoms with Crippen molar-refractivity contribution >= 4 is 39.9 Å². The lowest BCUT2D eigenvalue weighted by Crippen LogP contribution is -1.82. The second-order valence-electron chi connectivity index (χ2n) is 3.18. The minimum absolute atomic E-state index is 0.310. The van der Waals surface area contributed by atoms with E-state index in [0.29, 0.717) is 16.5 Å².